The highest BCUT2D eigenvalue weighted by Gasteiger charge is 2.14. The molecule has 0 unspecified atom stereocenters. The molecule has 0 aliphatic rings. The summed E-state index contributed by atoms with van der Waals surface area (Å²) in [6.07, 6.45) is 7.16. The molecule has 0 bridgehead atoms. The highest BCUT2D eigenvalue weighted by molar-refractivity contribution is 5.77. The largest absolute Gasteiger partial charge is 0.460 e. The van der Waals surface area contributed by atoms with Crippen molar-refractivity contribution < 1.29 is 8.83 Å². The molecule has 0 saturated heterocycles. The first-order valence-corrected chi connectivity index (χ1v) is 9.25. The molecule has 0 fully saturated rings. The van der Waals surface area contributed by atoms with Gasteiger partial charge in [-0.3, -0.25) is 14.9 Å². The summed E-state index contributed by atoms with van der Waals surface area (Å²) in [5.74, 6) is 1.83. The number of rotatable bonds is 6. The van der Waals surface area contributed by atoms with Crippen LogP contribution >= 0.6 is 0 Å². The van der Waals surface area contributed by atoms with Crippen LogP contribution in [-0.2, 0) is 19.6 Å². The van der Waals surface area contributed by atoms with Gasteiger partial charge in [0.25, 0.3) is 0 Å². The van der Waals surface area contributed by atoms with Crippen LogP contribution in [0.15, 0.2) is 88.2 Å². The molecular formula is C23H19N3O2. The molecule has 5 aromatic rings. The van der Waals surface area contributed by atoms with Crippen molar-refractivity contribution in [3.63, 3.8) is 0 Å². The van der Waals surface area contributed by atoms with Gasteiger partial charge in [0.2, 0.25) is 0 Å². The third kappa shape index (κ3) is 3.52. The van der Waals surface area contributed by atoms with Gasteiger partial charge in [0.05, 0.1) is 13.1 Å². The lowest BCUT2D eigenvalue weighted by atomic mass is 10.2. The topological polar surface area (TPSA) is 55.3 Å². The van der Waals surface area contributed by atoms with E-state index < -0.39 is 0 Å². The lowest BCUT2D eigenvalue weighted by Gasteiger charge is -2.20. The molecule has 0 radical (unpaired) electrons. The summed E-state index contributed by atoms with van der Waals surface area (Å²) in [6, 6.07) is 18.3. The molecule has 4 heterocycles. The third-order valence-corrected chi connectivity index (χ3v) is 4.74. The molecule has 0 amide bonds. The Kier molecular flexibility index (Phi) is 4.35. The number of furan rings is 2. The van der Waals surface area contributed by atoms with Crippen molar-refractivity contribution in [1.82, 2.24) is 14.9 Å². The SMILES string of the molecule is c1ccc(CN(Cc2cc3cnccc3o2)Cc2cc3cnccc3o2)cc1. The van der Waals surface area contributed by atoms with Crippen molar-refractivity contribution in [3.8, 4) is 0 Å². The summed E-state index contributed by atoms with van der Waals surface area (Å²) in [7, 11) is 0. The van der Waals surface area contributed by atoms with E-state index in [0.29, 0.717) is 13.1 Å². The molecule has 4 aromatic heterocycles. The molecule has 0 aliphatic carbocycles. The molecule has 28 heavy (non-hydrogen) atoms. The summed E-state index contributed by atoms with van der Waals surface area (Å²) in [6.45, 7) is 2.16. The Bertz CT molecular complexity index is 1070. The fourth-order valence-electron chi connectivity index (χ4n) is 3.48. The Morgan fingerprint density at radius 3 is 1.79 bits per heavy atom. The highest BCUT2D eigenvalue weighted by atomic mass is 16.3. The van der Waals surface area contributed by atoms with Crippen LogP contribution in [0, 0.1) is 0 Å². The fourth-order valence-corrected chi connectivity index (χ4v) is 3.48. The number of nitrogens with zero attached hydrogens (tertiary/aromatic N) is 3. The number of hydrogen-bond acceptors (Lipinski definition) is 5. The second-order valence-electron chi connectivity index (χ2n) is 6.88. The molecule has 5 heteroatoms. The maximum Gasteiger partial charge on any atom is 0.137 e. The van der Waals surface area contributed by atoms with Gasteiger partial charge in [-0.15, -0.1) is 0 Å². The van der Waals surface area contributed by atoms with Gasteiger partial charge in [0.15, 0.2) is 0 Å². The number of benzene rings is 1. The first kappa shape index (κ1) is 16.7. The number of fused-ring (bicyclic) bond motifs is 2. The zero-order valence-electron chi connectivity index (χ0n) is 15.3. The summed E-state index contributed by atoms with van der Waals surface area (Å²) >= 11 is 0. The van der Waals surface area contributed by atoms with Gasteiger partial charge >= 0.3 is 0 Å². The van der Waals surface area contributed by atoms with E-state index in [1.54, 1.807) is 12.4 Å². The van der Waals surface area contributed by atoms with Gasteiger partial charge in [-0.1, -0.05) is 30.3 Å². The van der Waals surface area contributed by atoms with Crippen molar-refractivity contribution in [1.29, 1.82) is 0 Å². The van der Waals surface area contributed by atoms with E-state index in [0.717, 1.165) is 40.0 Å². The van der Waals surface area contributed by atoms with Gasteiger partial charge in [-0.25, -0.2) is 0 Å². The van der Waals surface area contributed by atoms with E-state index in [9.17, 15) is 0 Å². The van der Waals surface area contributed by atoms with Crippen LogP contribution in [0.2, 0.25) is 0 Å². The Morgan fingerprint density at radius 2 is 1.25 bits per heavy atom. The zero-order chi connectivity index (χ0) is 18.8. The third-order valence-electron chi connectivity index (χ3n) is 4.74. The second kappa shape index (κ2) is 7.29. The fraction of sp³-hybridized carbons (Fsp3) is 0.130. The Morgan fingerprint density at radius 1 is 0.679 bits per heavy atom. The van der Waals surface area contributed by atoms with Gasteiger partial charge in [0.1, 0.15) is 22.7 Å². The molecule has 0 saturated carbocycles. The van der Waals surface area contributed by atoms with Crippen LogP contribution in [0.3, 0.4) is 0 Å². The molecule has 0 aliphatic heterocycles. The normalized spacial score (nSPS) is 11.6. The lowest BCUT2D eigenvalue weighted by molar-refractivity contribution is 0.213. The maximum atomic E-state index is 6.01. The standard InChI is InChI=1S/C23H19N3O2/c1-2-4-17(5-3-1)14-26(15-20-10-18-12-24-8-6-22(18)27-20)16-21-11-19-13-25-9-7-23(19)28-21/h1-13H,14-16H2. The molecule has 138 valence electrons. The molecule has 0 atom stereocenters. The smallest absolute Gasteiger partial charge is 0.137 e. The predicted molar refractivity (Wildman–Crippen MR) is 107 cm³/mol. The van der Waals surface area contributed by atoms with E-state index in [1.807, 2.05) is 30.6 Å². The van der Waals surface area contributed by atoms with Gasteiger partial charge in [-0.2, -0.15) is 0 Å². The minimum atomic E-state index is 0.679. The lowest BCUT2D eigenvalue weighted by Crippen LogP contribution is -2.21. The monoisotopic (exact) mass is 369 g/mol. The molecule has 5 nitrogen and oxygen atoms in total. The predicted octanol–water partition coefficient (Wildman–Crippen LogP) is 5.17. The van der Waals surface area contributed by atoms with Crippen LogP contribution in [0.4, 0.5) is 0 Å². The van der Waals surface area contributed by atoms with Crippen molar-refractivity contribution in [2.75, 3.05) is 0 Å². The van der Waals surface area contributed by atoms with Crippen LogP contribution in [0.25, 0.3) is 21.9 Å². The molecule has 0 spiro atoms. The summed E-state index contributed by atoms with van der Waals surface area (Å²) in [5, 5.41) is 2.04. The maximum absolute atomic E-state index is 6.01. The summed E-state index contributed by atoms with van der Waals surface area (Å²) < 4.78 is 12.0. The van der Waals surface area contributed by atoms with Crippen molar-refractivity contribution >= 4 is 21.9 Å². The van der Waals surface area contributed by atoms with Crippen LogP contribution < -0.4 is 0 Å². The minimum Gasteiger partial charge on any atom is -0.460 e. The van der Waals surface area contributed by atoms with E-state index in [4.69, 9.17) is 8.83 Å². The number of aromatic nitrogens is 2. The quantitative estimate of drug-likeness (QED) is 0.413. The van der Waals surface area contributed by atoms with Crippen molar-refractivity contribution in [2.45, 2.75) is 19.6 Å². The Hall–Kier alpha value is -3.44. The van der Waals surface area contributed by atoms with Crippen LogP contribution in [0.5, 0.6) is 0 Å². The average Bonchev–Trinajstić information content (AvgIpc) is 3.31. The first-order valence-electron chi connectivity index (χ1n) is 9.25. The highest BCUT2D eigenvalue weighted by Crippen LogP contribution is 2.23. The Balaban J connectivity index is 1.43. The van der Waals surface area contributed by atoms with Crippen LogP contribution in [-0.4, -0.2) is 14.9 Å². The van der Waals surface area contributed by atoms with E-state index in [2.05, 4.69) is 51.3 Å². The van der Waals surface area contributed by atoms with Gasteiger partial charge < -0.3 is 8.83 Å². The first-order chi connectivity index (χ1) is 13.8. The van der Waals surface area contributed by atoms with Crippen LogP contribution in [0.1, 0.15) is 17.1 Å². The summed E-state index contributed by atoms with van der Waals surface area (Å²) in [4.78, 5) is 10.7. The molecule has 1 aromatic carbocycles. The van der Waals surface area contributed by atoms with Crippen molar-refractivity contribution in [3.05, 3.63) is 96.5 Å². The summed E-state index contributed by atoms with van der Waals surface area (Å²) in [5.41, 5.74) is 2.97. The average molecular weight is 369 g/mol. The minimum absolute atomic E-state index is 0.679. The molecule has 0 N–H and O–H groups in total. The zero-order valence-corrected chi connectivity index (χ0v) is 15.3. The van der Waals surface area contributed by atoms with Gasteiger partial charge in [0, 0.05) is 42.1 Å². The van der Waals surface area contributed by atoms with E-state index in [-0.39, 0.29) is 0 Å². The second-order valence-corrected chi connectivity index (χ2v) is 6.88. The number of hydrogen-bond donors (Lipinski definition) is 0. The van der Waals surface area contributed by atoms with E-state index >= 15 is 0 Å². The number of pyridine rings is 2. The molecule has 5 rings (SSSR count). The van der Waals surface area contributed by atoms with E-state index in [1.165, 1.54) is 5.56 Å². The molecular weight excluding hydrogens is 350 g/mol. The van der Waals surface area contributed by atoms with Crippen molar-refractivity contribution in [2.24, 2.45) is 0 Å². The Labute approximate surface area is 162 Å². The van der Waals surface area contributed by atoms with Gasteiger partial charge in [-0.05, 0) is 29.8 Å².